The van der Waals surface area contributed by atoms with Gasteiger partial charge in [-0.2, -0.15) is 0 Å². The van der Waals surface area contributed by atoms with E-state index in [4.69, 9.17) is 23.7 Å². The maximum Gasteiger partial charge on any atom is 0.335 e. The Morgan fingerprint density at radius 2 is 0.957 bits per heavy atom. The first kappa shape index (κ1) is 62.7. The summed E-state index contributed by atoms with van der Waals surface area (Å²) < 4.78 is 28.1. The molecule has 1 aliphatic rings. The van der Waals surface area contributed by atoms with Crippen LogP contribution in [0.2, 0.25) is 0 Å². The number of aliphatic hydroxyl groups excluding tert-OH is 2. The summed E-state index contributed by atoms with van der Waals surface area (Å²) in [5.74, 6) is -3.33. The molecule has 0 saturated carbocycles. The van der Waals surface area contributed by atoms with Crippen molar-refractivity contribution in [1.82, 2.24) is 0 Å². The number of aliphatic carboxylic acids is 1. The minimum atomic E-state index is -1.94. The molecule has 6 atom stereocenters. The molecule has 0 radical (unpaired) electrons. The number of hydrogen-bond acceptors (Lipinski definition) is 11. The largest absolute Gasteiger partial charge is 0.479 e. The van der Waals surface area contributed by atoms with E-state index in [0.717, 1.165) is 83.5 Å². The second-order valence-electron chi connectivity index (χ2n) is 17.4. The van der Waals surface area contributed by atoms with Crippen LogP contribution < -0.4 is 0 Å². The zero-order valence-corrected chi connectivity index (χ0v) is 42.5. The third kappa shape index (κ3) is 35.4. The van der Waals surface area contributed by atoms with E-state index >= 15 is 0 Å². The van der Waals surface area contributed by atoms with Gasteiger partial charge in [-0.3, -0.25) is 14.4 Å². The molecule has 0 aromatic heterocycles. The van der Waals surface area contributed by atoms with Crippen LogP contribution >= 0.6 is 0 Å². The normalized spacial score (nSPS) is 19.5. The molecule has 0 aromatic rings. The zero-order valence-electron chi connectivity index (χ0n) is 42.5. The van der Waals surface area contributed by atoms with Crippen molar-refractivity contribution in [2.45, 2.75) is 225 Å². The molecule has 1 saturated heterocycles. The van der Waals surface area contributed by atoms with Gasteiger partial charge in [0.25, 0.3) is 0 Å². The number of carboxylic acid groups (broad SMARTS) is 1. The van der Waals surface area contributed by atoms with Crippen LogP contribution in [0.5, 0.6) is 0 Å². The molecule has 1 heterocycles. The smallest absolute Gasteiger partial charge is 0.335 e. The number of carboxylic acids is 1. The monoisotopic (exact) mass is 967 g/mol. The van der Waals surface area contributed by atoms with Gasteiger partial charge in [0.2, 0.25) is 0 Å². The Morgan fingerprint density at radius 3 is 1.46 bits per heavy atom. The van der Waals surface area contributed by atoms with Gasteiger partial charge >= 0.3 is 23.9 Å². The van der Waals surface area contributed by atoms with Crippen LogP contribution in [0.3, 0.4) is 0 Å². The van der Waals surface area contributed by atoms with E-state index < -0.39 is 67.3 Å². The fraction of sp³-hybridized carbons (Fsp3) is 0.649. The first-order valence-electron chi connectivity index (χ1n) is 26.2. The van der Waals surface area contributed by atoms with Gasteiger partial charge in [-0.15, -0.1) is 0 Å². The Bertz CT molecular complexity index is 1570. The molecule has 390 valence electrons. The predicted octanol–water partition coefficient (Wildman–Crippen LogP) is 12.6. The van der Waals surface area contributed by atoms with Gasteiger partial charge in [-0.25, -0.2) is 4.79 Å². The lowest BCUT2D eigenvalue weighted by Gasteiger charge is -2.40. The molecule has 6 unspecified atom stereocenters. The molecule has 1 rings (SSSR count). The fourth-order valence-corrected chi connectivity index (χ4v) is 7.22. The van der Waals surface area contributed by atoms with Crippen LogP contribution in [0, 0.1) is 0 Å². The molecule has 12 heteroatoms. The summed E-state index contributed by atoms with van der Waals surface area (Å²) in [6, 6.07) is 0. The van der Waals surface area contributed by atoms with Crippen LogP contribution in [-0.2, 0) is 42.9 Å². The van der Waals surface area contributed by atoms with Crippen LogP contribution in [0.15, 0.2) is 97.2 Å². The van der Waals surface area contributed by atoms with E-state index in [2.05, 4.69) is 93.7 Å². The number of carbonyl (C=O) groups excluding carboxylic acids is 3. The molecular formula is C57H90O12. The SMILES string of the molecule is CC/C=C\C/C=C\C/C=C\C/C=C\C/C=C\CC(=O)OC1C(OCC(COC(=O)CCCCC/C=C\C/C=C\C/C=C\CC)OC(=O)CCCCCCCCCCCCC)OC(C(=O)O)C(O)C1O. The van der Waals surface area contributed by atoms with Gasteiger partial charge in [0.1, 0.15) is 18.8 Å². The van der Waals surface area contributed by atoms with Crippen molar-refractivity contribution in [3.05, 3.63) is 97.2 Å². The standard InChI is InChI=1S/C57H90O12/c1-4-7-10-13-16-19-22-24-25-27-30-33-36-39-42-45-51(60)68-55-53(62)52(61)54(56(63)64)69-57(55)66-47-48(67-50(59)44-41-38-35-32-28-21-18-15-12-9-6-3)46-65-49(58)43-40-37-34-31-29-26-23-20-17-14-11-8-5-2/h7-8,10-11,16-17,19-20,24-26,29-30,33,39,42,48,52-55,57,61-62H,4-6,9,12-15,18,21-23,27-28,31-32,34-38,40-41,43-47H2,1-3H3,(H,63,64)/b10-7-,11-8-,19-16-,20-17-,25-24-,29-26-,33-30-,42-39-. The minimum Gasteiger partial charge on any atom is -0.479 e. The molecule has 1 fully saturated rings. The number of allylic oxidation sites excluding steroid dienone is 15. The van der Waals surface area contributed by atoms with Gasteiger partial charge in [0.15, 0.2) is 24.6 Å². The van der Waals surface area contributed by atoms with Crippen LogP contribution in [0.25, 0.3) is 0 Å². The number of unbranched alkanes of at least 4 members (excludes halogenated alkanes) is 13. The quantitative estimate of drug-likeness (QED) is 0.0229. The first-order chi connectivity index (χ1) is 33.6. The predicted molar refractivity (Wildman–Crippen MR) is 275 cm³/mol. The van der Waals surface area contributed by atoms with E-state index in [0.29, 0.717) is 19.3 Å². The van der Waals surface area contributed by atoms with E-state index in [1.54, 1.807) is 12.2 Å². The lowest BCUT2D eigenvalue weighted by molar-refractivity contribution is -0.301. The maximum absolute atomic E-state index is 13.0. The third-order valence-corrected chi connectivity index (χ3v) is 11.2. The first-order valence-corrected chi connectivity index (χ1v) is 26.2. The second kappa shape index (κ2) is 44.8. The number of hydrogen-bond donors (Lipinski definition) is 3. The average Bonchev–Trinajstić information content (AvgIpc) is 3.33. The molecule has 69 heavy (non-hydrogen) atoms. The summed E-state index contributed by atoms with van der Waals surface area (Å²) in [6.45, 7) is 5.65. The molecular weight excluding hydrogens is 877 g/mol. The fourth-order valence-electron chi connectivity index (χ4n) is 7.22. The van der Waals surface area contributed by atoms with Gasteiger partial charge in [-0.1, -0.05) is 189 Å². The summed E-state index contributed by atoms with van der Waals surface area (Å²) >= 11 is 0. The van der Waals surface area contributed by atoms with Crippen molar-refractivity contribution in [2.24, 2.45) is 0 Å². The number of rotatable bonds is 42. The summed E-state index contributed by atoms with van der Waals surface area (Å²) in [5, 5.41) is 31.3. The number of esters is 3. The number of aliphatic hydroxyl groups is 2. The van der Waals surface area contributed by atoms with Gasteiger partial charge in [0.05, 0.1) is 13.0 Å². The van der Waals surface area contributed by atoms with Crippen LogP contribution in [0.4, 0.5) is 0 Å². The topological polar surface area (TPSA) is 175 Å². The average molecular weight is 967 g/mol. The van der Waals surface area contributed by atoms with Crippen molar-refractivity contribution in [3.8, 4) is 0 Å². The maximum atomic E-state index is 13.0. The summed E-state index contributed by atoms with van der Waals surface area (Å²) in [5.41, 5.74) is 0. The Labute approximate surface area is 415 Å². The third-order valence-electron chi connectivity index (χ3n) is 11.2. The highest BCUT2D eigenvalue weighted by Gasteiger charge is 2.50. The number of ether oxygens (including phenoxy) is 5. The molecule has 0 amide bonds. The van der Waals surface area contributed by atoms with Gasteiger partial charge in [0, 0.05) is 12.8 Å². The highest BCUT2D eigenvalue weighted by atomic mass is 16.7. The molecule has 1 aliphatic heterocycles. The summed E-state index contributed by atoms with van der Waals surface area (Å²) in [7, 11) is 0. The highest BCUT2D eigenvalue weighted by molar-refractivity contribution is 5.74. The Morgan fingerprint density at radius 1 is 0.507 bits per heavy atom. The zero-order chi connectivity index (χ0) is 50.4. The van der Waals surface area contributed by atoms with E-state index in [9.17, 15) is 34.5 Å². The van der Waals surface area contributed by atoms with Crippen molar-refractivity contribution < 1.29 is 58.2 Å². The van der Waals surface area contributed by atoms with Crippen molar-refractivity contribution >= 4 is 23.9 Å². The molecule has 0 spiro atoms. The van der Waals surface area contributed by atoms with Crippen molar-refractivity contribution in [2.75, 3.05) is 13.2 Å². The molecule has 12 nitrogen and oxygen atoms in total. The van der Waals surface area contributed by atoms with Crippen molar-refractivity contribution in [3.63, 3.8) is 0 Å². The highest BCUT2D eigenvalue weighted by Crippen LogP contribution is 2.26. The summed E-state index contributed by atoms with van der Waals surface area (Å²) in [6.07, 6.45) is 45.7. The van der Waals surface area contributed by atoms with Gasteiger partial charge < -0.3 is 39.0 Å². The number of carbonyl (C=O) groups is 4. The molecule has 0 aromatic carbocycles. The molecule has 0 bridgehead atoms. The van der Waals surface area contributed by atoms with E-state index in [1.807, 2.05) is 12.2 Å². The summed E-state index contributed by atoms with van der Waals surface area (Å²) in [4.78, 5) is 50.8. The Hall–Kier alpha value is -4.36. The van der Waals surface area contributed by atoms with E-state index in [1.165, 1.54) is 44.9 Å². The molecule has 0 aliphatic carbocycles. The molecule has 3 N–H and O–H groups in total. The van der Waals surface area contributed by atoms with E-state index in [-0.39, 0.29) is 25.9 Å². The minimum absolute atomic E-state index is 0.143. The lowest BCUT2D eigenvalue weighted by atomic mass is 9.98. The van der Waals surface area contributed by atoms with Crippen LogP contribution in [-0.4, -0.2) is 89.2 Å². The van der Waals surface area contributed by atoms with Crippen molar-refractivity contribution in [1.29, 1.82) is 0 Å². The Kier molecular flexibility index (Phi) is 40.7. The Balaban J connectivity index is 2.81. The van der Waals surface area contributed by atoms with Gasteiger partial charge in [-0.05, 0) is 77.0 Å². The lowest BCUT2D eigenvalue weighted by Crippen LogP contribution is -2.61. The van der Waals surface area contributed by atoms with Crippen LogP contribution in [0.1, 0.15) is 188 Å². The second-order valence-corrected chi connectivity index (χ2v) is 17.4.